The van der Waals surface area contributed by atoms with Crippen molar-refractivity contribution in [1.29, 1.82) is 0 Å². The molecule has 0 heterocycles. The summed E-state index contributed by atoms with van der Waals surface area (Å²) in [5, 5.41) is 13.9. The van der Waals surface area contributed by atoms with Crippen molar-refractivity contribution < 1.29 is 9.84 Å². The molecule has 23 heavy (non-hydrogen) atoms. The number of aliphatic hydroxyl groups is 1. The van der Waals surface area contributed by atoms with Gasteiger partial charge in [-0.15, -0.1) is 0 Å². The van der Waals surface area contributed by atoms with E-state index in [0.717, 1.165) is 29.4 Å². The number of nitrogens with one attached hydrogen (secondary N) is 1. The van der Waals surface area contributed by atoms with Gasteiger partial charge in [-0.25, -0.2) is 0 Å². The second-order valence-electron chi connectivity index (χ2n) is 8.14. The van der Waals surface area contributed by atoms with E-state index in [-0.39, 0.29) is 0 Å². The van der Waals surface area contributed by atoms with E-state index in [1.807, 2.05) is 24.3 Å². The van der Waals surface area contributed by atoms with Gasteiger partial charge >= 0.3 is 0 Å². The summed E-state index contributed by atoms with van der Waals surface area (Å²) < 4.78 is 5.69. The second kappa shape index (κ2) is 6.45. The van der Waals surface area contributed by atoms with E-state index < -0.39 is 6.10 Å². The van der Waals surface area contributed by atoms with Crippen molar-refractivity contribution in [2.75, 3.05) is 13.2 Å². The SMILES string of the molecule is Cc1ccc(OCC(O)CNC2C3CC4CC(C3)CC2C4)cc1. The van der Waals surface area contributed by atoms with Crippen molar-refractivity contribution in [2.45, 2.75) is 51.2 Å². The predicted molar refractivity (Wildman–Crippen MR) is 91.5 cm³/mol. The summed E-state index contributed by atoms with van der Waals surface area (Å²) in [6.45, 7) is 3.08. The Morgan fingerprint density at radius 1 is 1.04 bits per heavy atom. The number of ether oxygens (including phenoxy) is 1. The van der Waals surface area contributed by atoms with Gasteiger partial charge in [-0.1, -0.05) is 17.7 Å². The monoisotopic (exact) mass is 315 g/mol. The van der Waals surface area contributed by atoms with Gasteiger partial charge in [-0.3, -0.25) is 0 Å². The molecule has 4 bridgehead atoms. The smallest absolute Gasteiger partial charge is 0.119 e. The molecule has 4 aliphatic rings. The largest absolute Gasteiger partial charge is 0.491 e. The van der Waals surface area contributed by atoms with E-state index in [1.54, 1.807) is 0 Å². The Labute approximate surface area is 139 Å². The summed E-state index contributed by atoms with van der Waals surface area (Å²) in [5.74, 6) is 4.56. The van der Waals surface area contributed by atoms with Crippen LogP contribution in [0.15, 0.2) is 24.3 Å². The highest BCUT2D eigenvalue weighted by atomic mass is 16.5. The summed E-state index contributed by atoms with van der Waals surface area (Å²) in [4.78, 5) is 0. The minimum atomic E-state index is -0.437. The van der Waals surface area contributed by atoms with Gasteiger partial charge in [0.05, 0.1) is 0 Å². The molecular weight excluding hydrogens is 286 g/mol. The zero-order valence-corrected chi connectivity index (χ0v) is 14.1. The van der Waals surface area contributed by atoms with Crippen LogP contribution >= 0.6 is 0 Å². The molecule has 5 rings (SSSR count). The van der Waals surface area contributed by atoms with Gasteiger partial charge in [0.15, 0.2) is 0 Å². The maximum atomic E-state index is 10.2. The topological polar surface area (TPSA) is 41.5 Å². The van der Waals surface area contributed by atoms with Gasteiger partial charge in [0.1, 0.15) is 18.5 Å². The lowest BCUT2D eigenvalue weighted by Crippen LogP contribution is -2.55. The van der Waals surface area contributed by atoms with Gasteiger partial charge in [-0.2, -0.15) is 0 Å². The van der Waals surface area contributed by atoms with Crippen LogP contribution in [-0.4, -0.2) is 30.4 Å². The van der Waals surface area contributed by atoms with Gasteiger partial charge in [-0.05, 0) is 74.8 Å². The summed E-state index contributed by atoms with van der Waals surface area (Å²) in [6.07, 6.45) is 6.73. The molecule has 1 aromatic rings. The fourth-order valence-electron chi connectivity index (χ4n) is 5.42. The van der Waals surface area contributed by atoms with E-state index in [4.69, 9.17) is 4.74 Å². The molecule has 1 unspecified atom stereocenters. The molecule has 3 nitrogen and oxygen atoms in total. The van der Waals surface area contributed by atoms with Crippen LogP contribution in [0, 0.1) is 30.6 Å². The molecule has 4 aliphatic carbocycles. The zero-order chi connectivity index (χ0) is 15.8. The number of aliphatic hydroxyl groups excluding tert-OH is 1. The van der Waals surface area contributed by atoms with Crippen LogP contribution in [-0.2, 0) is 0 Å². The molecule has 2 N–H and O–H groups in total. The normalized spacial score (nSPS) is 36.2. The fraction of sp³-hybridized carbons (Fsp3) is 0.700. The number of hydrogen-bond donors (Lipinski definition) is 2. The lowest BCUT2D eigenvalue weighted by molar-refractivity contribution is -0.0188. The molecule has 0 radical (unpaired) electrons. The summed E-state index contributed by atoms with van der Waals surface area (Å²) >= 11 is 0. The minimum absolute atomic E-state index is 0.364. The van der Waals surface area contributed by atoms with Crippen LogP contribution in [0.2, 0.25) is 0 Å². The first-order valence-electron chi connectivity index (χ1n) is 9.28. The van der Waals surface area contributed by atoms with Crippen LogP contribution in [0.5, 0.6) is 5.75 Å². The van der Waals surface area contributed by atoms with Crippen LogP contribution in [0.1, 0.15) is 37.7 Å². The van der Waals surface area contributed by atoms with Crippen LogP contribution in [0.25, 0.3) is 0 Å². The maximum absolute atomic E-state index is 10.2. The Bertz CT molecular complexity index is 499. The predicted octanol–water partition coefficient (Wildman–Crippen LogP) is 3.15. The third kappa shape index (κ3) is 3.41. The molecule has 0 saturated heterocycles. The molecule has 0 aliphatic heterocycles. The molecule has 1 aromatic carbocycles. The molecule has 0 aromatic heterocycles. The van der Waals surface area contributed by atoms with Crippen LogP contribution in [0.4, 0.5) is 0 Å². The number of aryl methyl sites for hydroxylation is 1. The summed E-state index contributed by atoms with van der Waals surface area (Å²) in [7, 11) is 0. The standard InChI is InChI=1S/C20H29NO2/c1-13-2-4-19(5-3-13)23-12-18(22)11-21-20-16-7-14-6-15(9-16)10-17(20)8-14/h2-5,14-18,20-22H,6-12H2,1H3. The van der Waals surface area contributed by atoms with Crippen molar-refractivity contribution in [1.82, 2.24) is 5.32 Å². The highest BCUT2D eigenvalue weighted by molar-refractivity contribution is 5.26. The Morgan fingerprint density at radius 3 is 2.26 bits per heavy atom. The van der Waals surface area contributed by atoms with E-state index in [1.165, 1.54) is 37.7 Å². The quantitative estimate of drug-likeness (QED) is 0.847. The first kappa shape index (κ1) is 15.5. The van der Waals surface area contributed by atoms with Gasteiger partial charge in [0, 0.05) is 12.6 Å². The minimum Gasteiger partial charge on any atom is -0.491 e. The zero-order valence-electron chi connectivity index (χ0n) is 14.1. The van der Waals surface area contributed by atoms with Crippen molar-refractivity contribution in [2.24, 2.45) is 23.7 Å². The highest BCUT2D eigenvalue weighted by Crippen LogP contribution is 2.53. The van der Waals surface area contributed by atoms with Crippen LogP contribution in [0.3, 0.4) is 0 Å². The number of benzene rings is 1. The van der Waals surface area contributed by atoms with Crippen molar-refractivity contribution in [3.63, 3.8) is 0 Å². The molecule has 1 atom stereocenters. The van der Waals surface area contributed by atoms with Crippen molar-refractivity contribution in [3.8, 4) is 5.75 Å². The van der Waals surface area contributed by atoms with Gasteiger partial charge in [0.2, 0.25) is 0 Å². The number of hydrogen-bond acceptors (Lipinski definition) is 3. The highest BCUT2D eigenvalue weighted by Gasteiger charge is 2.47. The van der Waals surface area contributed by atoms with Crippen molar-refractivity contribution >= 4 is 0 Å². The lowest BCUT2D eigenvalue weighted by Gasteiger charge is -2.54. The summed E-state index contributed by atoms with van der Waals surface area (Å²) in [6, 6.07) is 8.64. The fourth-order valence-corrected chi connectivity index (χ4v) is 5.42. The van der Waals surface area contributed by atoms with Gasteiger partial charge in [0.25, 0.3) is 0 Å². The van der Waals surface area contributed by atoms with Crippen molar-refractivity contribution in [3.05, 3.63) is 29.8 Å². The maximum Gasteiger partial charge on any atom is 0.119 e. The first-order chi connectivity index (χ1) is 11.2. The molecule has 3 heteroatoms. The Morgan fingerprint density at radius 2 is 1.65 bits per heavy atom. The molecule has 0 spiro atoms. The third-order valence-corrected chi connectivity index (χ3v) is 6.28. The second-order valence-corrected chi connectivity index (χ2v) is 8.14. The Balaban J connectivity index is 1.24. The van der Waals surface area contributed by atoms with Crippen LogP contribution < -0.4 is 10.1 Å². The Kier molecular flexibility index (Phi) is 4.33. The average molecular weight is 315 g/mol. The number of rotatable bonds is 6. The van der Waals surface area contributed by atoms with E-state index >= 15 is 0 Å². The van der Waals surface area contributed by atoms with E-state index in [0.29, 0.717) is 19.2 Å². The van der Waals surface area contributed by atoms with E-state index in [2.05, 4.69) is 12.2 Å². The molecule has 126 valence electrons. The summed E-state index contributed by atoms with van der Waals surface area (Å²) in [5.41, 5.74) is 1.22. The third-order valence-electron chi connectivity index (χ3n) is 6.28. The Hall–Kier alpha value is -1.06. The molecule has 0 amide bonds. The van der Waals surface area contributed by atoms with E-state index in [9.17, 15) is 5.11 Å². The molecular formula is C20H29NO2. The van der Waals surface area contributed by atoms with Gasteiger partial charge < -0.3 is 15.2 Å². The average Bonchev–Trinajstić information content (AvgIpc) is 2.53. The lowest BCUT2D eigenvalue weighted by atomic mass is 9.54. The first-order valence-corrected chi connectivity index (χ1v) is 9.28. The molecule has 4 saturated carbocycles. The molecule has 4 fully saturated rings.